The van der Waals surface area contributed by atoms with Crippen molar-refractivity contribution < 1.29 is 22.4 Å². The van der Waals surface area contributed by atoms with Crippen molar-refractivity contribution in [2.75, 3.05) is 5.32 Å². The van der Waals surface area contributed by atoms with Crippen LogP contribution in [0, 0.1) is 5.82 Å². The van der Waals surface area contributed by atoms with Crippen LogP contribution in [0.5, 0.6) is 0 Å². The van der Waals surface area contributed by atoms with Gasteiger partial charge in [0.05, 0.1) is 5.69 Å². The molecule has 3 aromatic rings. The third-order valence-corrected chi connectivity index (χ3v) is 4.75. The number of benzene rings is 1. The van der Waals surface area contributed by atoms with Gasteiger partial charge in [0.1, 0.15) is 10.7 Å². The van der Waals surface area contributed by atoms with Crippen molar-refractivity contribution in [3.8, 4) is 11.3 Å². The van der Waals surface area contributed by atoms with Gasteiger partial charge in [0.2, 0.25) is 0 Å². The van der Waals surface area contributed by atoms with Crippen LogP contribution >= 0.6 is 11.5 Å². The zero-order valence-corrected chi connectivity index (χ0v) is 15.1. The van der Waals surface area contributed by atoms with E-state index in [9.17, 15) is 22.4 Å². The van der Waals surface area contributed by atoms with E-state index < -0.39 is 23.6 Å². The molecule has 1 amide bonds. The lowest BCUT2D eigenvalue weighted by atomic mass is 10.1. The Bertz CT molecular complexity index is 993. The summed E-state index contributed by atoms with van der Waals surface area (Å²) in [5.41, 5.74) is -0.202. The SMILES string of the molecule is CCc1cnsc1C(=O)Nc1ccc(-c2cc(C(F)(F)F)nn2C)c(F)c1. The van der Waals surface area contributed by atoms with Crippen molar-refractivity contribution in [2.45, 2.75) is 19.5 Å². The standard InChI is InChI=1S/C17H14F4N4OS/c1-3-9-8-22-27-15(9)16(26)23-10-4-5-11(12(18)6-10)13-7-14(17(19,20)21)24-25(13)2/h4-8H,3H2,1-2H3,(H,23,26). The van der Waals surface area contributed by atoms with Gasteiger partial charge in [-0.15, -0.1) is 0 Å². The number of nitrogens with zero attached hydrogens (tertiary/aromatic N) is 3. The molecule has 0 unspecified atom stereocenters. The van der Waals surface area contributed by atoms with Crippen molar-refractivity contribution in [3.05, 3.63) is 52.4 Å². The van der Waals surface area contributed by atoms with Gasteiger partial charge in [-0.05, 0) is 47.8 Å². The number of halogens is 4. The van der Waals surface area contributed by atoms with E-state index in [1.165, 1.54) is 19.2 Å². The third kappa shape index (κ3) is 3.85. The number of aromatic nitrogens is 3. The molecule has 142 valence electrons. The van der Waals surface area contributed by atoms with E-state index in [1.807, 2.05) is 6.92 Å². The van der Waals surface area contributed by atoms with Gasteiger partial charge in [0, 0.05) is 24.5 Å². The number of carbonyl (C=O) groups is 1. The number of carbonyl (C=O) groups excluding carboxylic acids is 1. The summed E-state index contributed by atoms with van der Waals surface area (Å²) < 4.78 is 57.7. The van der Waals surface area contributed by atoms with Gasteiger partial charge in [0.25, 0.3) is 5.91 Å². The second-order valence-electron chi connectivity index (χ2n) is 5.72. The maximum atomic E-state index is 14.5. The molecule has 0 fully saturated rings. The maximum Gasteiger partial charge on any atom is 0.435 e. The summed E-state index contributed by atoms with van der Waals surface area (Å²) in [6.07, 6.45) is -2.38. The maximum absolute atomic E-state index is 14.5. The van der Waals surface area contributed by atoms with Gasteiger partial charge >= 0.3 is 6.18 Å². The monoisotopic (exact) mass is 398 g/mol. The first-order valence-electron chi connectivity index (χ1n) is 7.86. The number of alkyl halides is 3. The third-order valence-electron chi connectivity index (χ3n) is 3.90. The van der Waals surface area contributed by atoms with E-state index in [0.29, 0.717) is 11.3 Å². The predicted molar refractivity (Wildman–Crippen MR) is 93.0 cm³/mol. The second-order valence-corrected chi connectivity index (χ2v) is 6.52. The van der Waals surface area contributed by atoms with Gasteiger partial charge in [-0.2, -0.15) is 18.3 Å². The first-order chi connectivity index (χ1) is 12.7. The van der Waals surface area contributed by atoms with E-state index in [0.717, 1.165) is 33.9 Å². The molecular formula is C17H14F4N4OS. The minimum absolute atomic E-state index is 0.0200. The molecule has 2 heterocycles. The molecule has 0 saturated heterocycles. The molecule has 0 spiro atoms. The number of rotatable bonds is 4. The lowest BCUT2D eigenvalue weighted by Crippen LogP contribution is -2.12. The first-order valence-corrected chi connectivity index (χ1v) is 8.64. The van der Waals surface area contributed by atoms with E-state index in [4.69, 9.17) is 0 Å². The molecule has 2 aromatic heterocycles. The Morgan fingerprint density at radius 2 is 2.04 bits per heavy atom. The minimum atomic E-state index is -4.62. The van der Waals surface area contributed by atoms with Crippen LogP contribution in [0.1, 0.15) is 27.9 Å². The molecule has 0 bridgehead atoms. The Hall–Kier alpha value is -2.75. The van der Waals surface area contributed by atoms with Crippen LogP contribution in [-0.2, 0) is 19.6 Å². The largest absolute Gasteiger partial charge is 0.435 e. The second kappa shape index (κ2) is 7.10. The average Bonchev–Trinajstić information content (AvgIpc) is 3.21. The van der Waals surface area contributed by atoms with Crippen LogP contribution in [0.4, 0.5) is 23.2 Å². The Labute approximate surface area is 155 Å². The van der Waals surface area contributed by atoms with Crippen LogP contribution in [0.15, 0.2) is 30.5 Å². The topological polar surface area (TPSA) is 59.8 Å². The summed E-state index contributed by atoms with van der Waals surface area (Å²) in [7, 11) is 1.30. The van der Waals surface area contributed by atoms with Crippen molar-refractivity contribution in [2.24, 2.45) is 7.05 Å². The molecule has 3 rings (SSSR count). The lowest BCUT2D eigenvalue weighted by Gasteiger charge is -2.08. The number of anilines is 1. The molecule has 5 nitrogen and oxygen atoms in total. The van der Waals surface area contributed by atoms with Gasteiger partial charge in [0.15, 0.2) is 5.69 Å². The number of aryl methyl sites for hydroxylation is 2. The molecule has 0 atom stereocenters. The van der Waals surface area contributed by atoms with Crippen LogP contribution in [0.3, 0.4) is 0 Å². The summed E-state index contributed by atoms with van der Waals surface area (Å²) >= 11 is 1.04. The van der Waals surface area contributed by atoms with Crippen molar-refractivity contribution >= 4 is 23.1 Å². The highest BCUT2D eigenvalue weighted by Gasteiger charge is 2.35. The van der Waals surface area contributed by atoms with Crippen LogP contribution < -0.4 is 5.32 Å². The van der Waals surface area contributed by atoms with E-state index in [1.54, 1.807) is 6.20 Å². The molecule has 0 aliphatic carbocycles. The molecule has 0 saturated carbocycles. The molecule has 0 aliphatic rings. The zero-order chi connectivity index (χ0) is 19.8. The van der Waals surface area contributed by atoms with Crippen molar-refractivity contribution in [1.82, 2.24) is 14.2 Å². The van der Waals surface area contributed by atoms with Gasteiger partial charge < -0.3 is 5.32 Å². The van der Waals surface area contributed by atoms with Gasteiger partial charge in [-0.1, -0.05) is 6.92 Å². The quantitative estimate of drug-likeness (QED) is 0.658. The summed E-state index contributed by atoms with van der Waals surface area (Å²) in [5.74, 6) is -1.19. The number of nitrogens with one attached hydrogen (secondary N) is 1. The highest BCUT2D eigenvalue weighted by atomic mass is 32.1. The molecule has 27 heavy (non-hydrogen) atoms. The van der Waals surface area contributed by atoms with E-state index in [2.05, 4.69) is 14.8 Å². The smallest absolute Gasteiger partial charge is 0.321 e. The van der Waals surface area contributed by atoms with Crippen molar-refractivity contribution in [3.63, 3.8) is 0 Å². The highest BCUT2D eigenvalue weighted by Crippen LogP contribution is 2.33. The number of hydrogen-bond acceptors (Lipinski definition) is 4. The molecular weight excluding hydrogens is 384 g/mol. The fourth-order valence-corrected chi connectivity index (χ4v) is 3.28. The average molecular weight is 398 g/mol. The summed E-state index contributed by atoms with van der Waals surface area (Å²) in [5, 5.41) is 5.94. The van der Waals surface area contributed by atoms with Crippen molar-refractivity contribution in [1.29, 1.82) is 0 Å². The molecule has 0 aliphatic heterocycles. The Morgan fingerprint density at radius 3 is 2.63 bits per heavy atom. The van der Waals surface area contributed by atoms with E-state index >= 15 is 0 Å². The number of amides is 1. The minimum Gasteiger partial charge on any atom is -0.321 e. The fraction of sp³-hybridized carbons (Fsp3) is 0.235. The number of hydrogen-bond donors (Lipinski definition) is 1. The normalized spacial score (nSPS) is 11.6. The fourth-order valence-electron chi connectivity index (χ4n) is 2.55. The predicted octanol–water partition coefficient (Wildman–Crippen LogP) is 4.52. The van der Waals surface area contributed by atoms with Crippen LogP contribution in [0.2, 0.25) is 0 Å². The lowest BCUT2D eigenvalue weighted by molar-refractivity contribution is -0.141. The van der Waals surface area contributed by atoms with Crippen LogP contribution in [0.25, 0.3) is 11.3 Å². The summed E-state index contributed by atoms with van der Waals surface area (Å²) in [6.45, 7) is 1.89. The zero-order valence-electron chi connectivity index (χ0n) is 14.3. The van der Waals surface area contributed by atoms with Gasteiger partial charge in [-0.3, -0.25) is 9.48 Å². The summed E-state index contributed by atoms with van der Waals surface area (Å²) in [4.78, 5) is 12.7. The highest BCUT2D eigenvalue weighted by molar-refractivity contribution is 7.08. The summed E-state index contributed by atoms with van der Waals surface area (Å²) in [6, 6.07) is 4.56. The molecule has 0 radical (unpaired) electrons. The Balaban J connectivity index is 1.86. The molecule has 10 heteroatoms. The molecule has 1 N–H and O–H groups in total. The Kier molecular flexibility index (Phi) is 5.01. The Morgan fingerprint density at radius 1 is 1.30 bits per heavy atom. The van der Waals surface area contributed by atoms with Crippen LogP contribution in [-0.4, -0.2) is 20.1 Å². The first kappa shape index (κ1) is 19.0. The molecule has 1 aromatic carbocycles. The van der Waals surface area contributed by atoms with E-state index in [-0.39, 0.29) is 16.9 Å². The van der Waals surface area contributed by atoms with Gasteiger partial charge in [-0.25, -0.2) is 8.76 Å².